The summed E-state index contributed by atoms with van der Waals surface area (Å²) in [7, 11) is 0. The number of hydrogen-bond donors (Lipinski definition) is 1. The first kappa shape index (κ1) is 29.2. The third-order valence-corrected chi connectivity index (χ3v) is 8.64. The molecule has 44 heavy (non-hydrogen) atoms. The van der Waals surface area contributed by atoms with Crippen LogP contribution in [0.2, 0.25) is 0 Å². The molecule has 0 radical (unpaired) electrons. The van der Waals surface area contributed by atoms with Gasteiger partial charge in [-0.1, -0.05) is 36.4 Å². The standard InChI is InChI=1S/C34H37N5O5/c1-2-44-34(43)37-17-15-36(16-18-37)33(42)26-12-13-30(28(20-26)35-31(40)14-11-24-7-4-3-5-8-24)38-21-25-19-27(23-38)29-9-6-10-32(41)39(29)22-25/h3-14,20,25,27H,2,15-19,21-23H2,1H3,(H,35,40)/b14-11+/t25-,27+/m1/s1. The molecule has 6 rings (SSSR count). The van der Waals surface area contributed by atoms with Gasteiger partial charge < -0.3 is 29.3 Å². The van der Waals surface area contributed by atoms with Gasteiger partial charge in [0.15, 0.2) is 0 Å². The Bertz CT molecular complexity index is 1630. The fraction of sp³-hybridized carbons (Fsp3) is 0.353. The number of carbonyl (C=O) groups is 3. The first-order chi connectivity index (χ1) is 21.4. The van der Waals surface area contributed by atoms with E-state index in [9.17, 15) is 19.2 Å². The predicted molar refractivity (Wildman–Crippen MR) is 169 cm³/mol. The van der Waals surface area contributed by atoms with E-state index >= 15 is 0 Å². The number of nitrogens with one attached hydrogen (secondary N) is 1. The molecule has 2 saturated heterocycles. The van der Waals surface area contributed by atoms with Crippen LogP contribution in [0.4, 0.5) is 16.2 Å². The highest BCUT2D eigenvalue weighted by molar-refractivity contribution is 6.05. The van der Waals surface area contributed by atoms with Gasteiger partial charge in [-0.15, -0.1) is 0 Å². The smallest absolute Gasteiger partial charge is 0.409 e. The number of benzene rings is 2. The number of piperazine rings is 1. The van der Waals surface area contributed by atoms with Crippen molar-refractivity contribution < 1.29 is 19.1 Å². The monoisotopic (exact) mass is 595 g/mol. The quantitative estimate of drug-likeness (QED) is 0.432. The van der Waals surface area contributed by atoms with Gasteiger partial charge in [0, 0.05) is 75.1 Å². The lowest BCUT2D eigenvalue weighted by Gasteiger charge is -2.44. The van der Waals surface area contributed by atoms with Gasteiger partial charge in [-0.05, 0) is 55.2 Å². The summed E-state index contributed by atoms with van der Waals surface area (Å²) in [5, 5.41) is 3.04. The molecule has 2 aromatic carbocycles. The number of fused-ring (bicyclic) bond motifs is 4. The van der Waals surface area contributed by atoms with Crippen LogP contribution in [-0.4, -0.2) is 78.1 Å². The summed E-state index contributed by atoms with van der Waals surface area (Å²) in [4.78, 5) is 57.0. The Morgan fingerprint density at radius 3 is 2.45 bits per heavy atom. The van der Waals surface area contributed by atoms with Crippen LogP contribution >= 0.6 is 0 Å². The molecule has 2 fully saturated rings. The summed E-state index contributed by atoms with van der Waals surface area (Å²) in [6.07, 6.45) is 3.90. The van der Waals surface area contributed by atoms with Crippen molar-refractivity contribution in [3.05, 3.63) is 100.0 Å². The minimum absolute atomic E-state index is 0.0368. The third kappa shape index (κ3) is 6.24. The van der Waals surface area contributed by atoms with Crippen LogP contribution in [-0.2, 0) is 16.1 Å². The highest BCUT2D eigenvalue weighted by Gasteiger charge is 2.35. The van der Waals surface area contributed by atoms with Crippen LogP contribution in [0.1, 0.15) is 40.9 Å². The van der Waals surface area contributed by atoms with E-state index in [0.29, 0.717) is 63.0 Å². The molecule has 10 nitrogen and oxygen atoms in total. The highest BCUT2D eigenvalue weighted by atomic mass is 16.6. The Morgan fingerprint density at radius 2 is 1.68 bits per heavy atom. The molecule has 0 unspecified atom stereocenters. The van der Waals surface area contributed by atoms with Gasteiger partial charge in [0.1, 0.15) is 0 Å². The Morgan fingerprint density at radius 1 is 0.909 bits per heavy atom. The molecule has 1 N–H and O–H groups in total. The lowest BCUT2D eigenvalue weighted by molar-refractivity contribution is -0.111. The van der Waals surface area contributed by atoms with Gasteiger partial charge in [0.25, 0.3) is 11.5 Å². The fourth-order valence-corrected chi connectivity index (χ4v) is 6.54. The third-order valence-electron chi connectivity index (χ3n) is 8.64. The van der Waals surface area contributed by atoms with Gasteiger partial charge in [0.2, 0.25) is 5.91 Å². The molecule has 4 heterocycles. The van der Waals surface area contributed by atoms with Crippen molar-refractivity contribution in [3.8, 4) is 0 Å². The zero-order chi connectivity index (χ0) is 30.6. The van der Waals surface area contributed by atoms with E-state index in [0.717, 1.165) is 29.9 Å². The average Bonchev–Trinajstić information content (AvgIpc) is 3.04. The first-order valence-corrected chi connectivity index (χ1v) is 15.2. The molecule has 3 aromatic rings. The minimum atomic E-state index is -0.365. The second kappa shape index (κ2) is 12.8. The maximum atomic E-state index is 13.6. The molecule has 0 spiro atoms. The van der Waals surface area contributed by atoms with Gasteiger partial charge >= 0.3 is 6.09 Å². The Labute approximate surface area is 256 Å². The van der Waals surface area contributed by atoms with Crippen molar-refractivity contribution in [1.82, 2.24) is 14.4 Å². The minimum Gasteiger partial charge on any atom is -0.450 e. The molecule has 0 aliphatic carbocycles. The lowest BCUT2D eigenvalue weighted by Crippen LogP contribution is -2.50. The van der Waals surface area contributed by atoms with E-state index in [2.05, 4.69) is 10.2 Å². The summed E-state index contributed by atoms with van der Waals surface area (Å²) in [5.41, 5.74) is 3.87. The number of piperidine rings is 1. The zero-order valence-electron chi connectivity index (χ0n) is 24.9. The number of hydrogen-bond acceptors (Lipinski definition) is 6. The summed E-state index contributed by atoms with van der Waals surface area (Å²) < 4.78 is 7.00. The van der Waals surface area contributed by atoms with Crippen molar-refractivity contribution in [3.63, 3.8) is 0 Å². The maximum absolute atomic E-state index is 13.6. The number of nitrogens with zero attached hydrogens (tertiary/aromatic N) is 4. The molecule has 10 heteroatoms. The van der Waals surface area contributed by atoms with Crippen LogP contribution < -0.4 is 15.8 Å². The fourth-order valence-electron chi connectivity index (χ4n) is 6.54. The van der Waals surface area contributed by atoms with Crippen LogP contribution in [0.15, 0.2) is 77.6 Å². The van der Waals surface area contributed by atoms with E-state index < -0.39 is 0 Å². The summed E-state index contributed by atoms with van der Waals surface area (Å²) in [5.74, 6) is 0.0332. The molecule has 1 aromatic heterocycles. The molecule has 2 atom stereocenters. The Hall–Kier alpha value is -4.86. The largest absolute Gasteiger partial charge is 0.450 e. The van der Waals surface area contributed by atoms with Crippen LogP contribution in [0, 0.1) is 5.92 Å². The second-order valence-corrected chi connectivity index (χ2v) is 11.5. The Kier molecular flexibility index (Phi) is 8.49. The molecule has 3 aliphatic rings. The van der Waals surface area contributed by atoms with Crippen LogP contribution in [0.25, 0.3) is 6.08 Å². The van der Waals surface area contributed by atoms with Crippen molar-refractivity contribution in [2.75, 3.05) is 56.1 Å². The maximum Gasteiger partial charge on any atom is 0.409 e. The molecule has 2 bridgehead atoms. The summed E-state index contributed by atoms with van der Waals surface area (Å²) in [6.45, 7) is 5.78. The second-order valence-electron chi connectivity index (χ2n) is 11.5. The van der Waals surface area contributed by atoms with Crippen molar-refractivity contribution in [2.24, 2.45) is 5.92 Å². The predicted octanol–water partition coefficient (Wildman–Crippen LogP) is 4.04. The highest BCUT2D eigenvalue weighted by Crippen LogP contribution is 2.39. The molecular weight excluding hydrogens is 558 g/mol. The number of anilines is 2. The zero-order valence-corrected chi connectivity index (χ0v) is 24.9. The summed E-state index contributed by atoms with van der Waals surface area (Å²) in [6, 6.07) is 20.6. The lowest BCUT2D eigenvalue weighted by atomic mass is 9.83. The van der Waals surface area contributed by atoms with Gasteiger partial charge in [-0.25, -0.2) is 4.79 Å². The van der Waals surface area contributed by atoms with Crippen molar-refractivity contribution in [1.29, 1.82) is 0 Å². The molecular formula is C34H37N5O5. The van der Waals surface area contributed by atoms with Gasteiger partial charge in [-0.3, -0.25) is 14.4 Å². The average molecular weight is 596 g/mol. The first-order valence-electron chi connectivity index (χ1n) is 15.2. The molecule has 228 valence electrons. The van der Waals surface area contributed by atoms with Gasteiger partial charge in [0.05, 0.1) is 18.0 Å². The van der Waals surface area contributed by atoms with Crippen LogP contribution in [0.3, 0.4) is 0 Å². The number of carbonyl (C=O) groups excluding carboxylic acids is 3. The Balaban J connectivity index is 1.25. The van der Waals surface area contributed by atoms with E-state index in [-0.39, 0.29) is 29.4 Å². The summed E-state index contributed by atoms with van der Waals surface area (Å²) >= 11 is 0. The van der Waals surface area contributed by atoms with E-state index in [1.807, 2.05) is 59.2 Å². The topological polar surface area (TPSA) is 104 Å². The van der Waals surface area contributed by atoms with E-state index in [4.69, 9.17) is 4.74 Å². The van der Waals surface area contributed by atoms with Gasteiger partial charge in [-0.2, -0.15) is 0 Å². The number of rotatable bonds is 6. The van der Waals surface area contributed by atoms with E-state index in [1.54, 1.807) is 34.9 Å². The molecule has 3 aliphatic heterocycles. The van der Waals surface area contributed by atoms with E-state index in [1.165, 1.54) is 6.08 Å². The van der Waals surface area contributed by atoms with Crippen LogP contribution in [0.5, 0.6) is 0 Å². The number of aromatic nitrogens is 1. The van der Waals surface area contributed by atoms with Crippen molar-refractivity contribution in [2.45, 2.75) is 25.8 Å². The number of pyridine rings is 1. The number of ether oxygens (including phenoxy) is 1. The molecule has 0 saturated carbocycles. The normalized spacial score (nSPS) is 19.4. The van der Waals surface area contributed by atoms with Crippen molar-refractivity contribution >= 4 is 35.4 Å². The number of amides is 3. The SMILES string of the molecule is CCOC(=O)N1CCN(C(=O)c2ccc(N3C[C@H]4C[C@@H](C3)c3cccc(=O)n3C4)c(NC(=O)/C=C/c3ccccc3)c2)CC1. The molecule has 3 amide bonds.